The van der Waals surface area contributed by atoms with Crippen LogP contribution in [-0.4, -0.2) is 41.0 Å². The number of nitrogens with zero attached hydrogens (tertiary/aromatic N) is 2. The topological polar surface area (TPSA) is 74.2 Å². The van der Waals surface area contributed by atoms with Gasteiger partial charge in [-0.1, -0.05) is 30.3 Å². The number of rotatable bonds is 4. The number of hydrogen-bond donors (Lipinski definition) is 2. The van der Waals surface area contributed by atoms with E-state index in [0.717, 1.165) is 59.4 Å². The highest BCUT2D eigenvalue weighted by atomic mass is 79.9. The van der Waals surface area contributed by atoms with Crippen LogP contribution in [0.3, 0.4) is 0 Å². The molecule has 7 heteroatoms. The van der Waals surface area contributed by atoms with Gasteiger partial charge < -0.3 is 10.3 Å². The summed E-state index contributed by atoms with van der Waals surface area (Å²) in [6, 6.07) is 13.6. The highest BCUT2D eigenvalue weighted by molar-refractivity contribution is 9.10. The lowest BCUT2D eigenvalue weighted by molar-refractivity contribution is -0.383. The maximum atomic E-state index is 11.7. The lowest BCUT2D eigenvalue weighted by atomic mass is 10.1. The van der Waals surface area contributed by atoms with Gasteiger partial charge in [-0.15, -0.1) is 0 Å². The predicted molar refractivity (Wildman–Crippen MR) is 106 cm³/mol. The zero-order chi connectivity index (χ0) is 18.1. The van der Waals surface area contributed by atoms with Gasteiger partial charge in [0, 0.05) is 44.2 Å². The Morgan fingerprint density at radius 1 is 1.15 bits per heavy atom. The minimum absolute atomic E-state index is 0.121. The summed E-state index contributed by atoms with van der Waals surface area (Å²) < 4.78 is 0.865. The molecule has 1 saturated heterocycles. The van der Waals surface area contributed by atoms with Crippen LogP contribution in [-0.2, 0) is 6.54 Å². The Hall–Kier alpha value is -2.22. The van der Waals surface area contributed by atoms with E-state index in [0.29, 0.717) is 5.52 Å². The average molecular weight is 415 g/mol. The Kier molecular flexibility index (Phi) is 4.76. The maximum Gasteiger partial charge on any atom is 0.293 e. The molecule has 0 atom stereocenters. The molecule has 0 radical (unpaired) electrons. The van der Waals surface area contributed by atoms with Crippen LogP contribution in [0.5, 0.6) is 0 Å². The van der Waals surface area contributed by atoms with Crippen LogP contribution in [0.15, 0.2) is 46.9 Å². The molecule has 0 amide bonds. The first kappa shape index (κ1) is 17.2. The average Bonchev–Trinajstić information content (AvgIpc) is 2.99. The Morgan fingerprint density at radius 2 is 1.88 bits per heavy atom. The quantitative estimate of drug-likeness (QED) is 0.501. The summed E-state index contributed by atoms with van der Waals surface area (Å²) in [5.74, 6) is 0. The van der Waals surface area contributed by atoms with Crippen LogP contribution >= 0.6 is 15.9 Å². The Bertz CT molecular complexity index is 949. The SMILES string of the molecule is O=[N+]([O-])c1cc(CN2CCNCC2)cc2c(Br)c(-c3ccccc3)[nH]c12. The summed E-state index contributed by atoms with van der Waals surface area (Å²) in [6.45, 7) is 4.54. The number of nitrogens with one attached hydrogen (secondary N) is 2. The van der Waals surface area contributed by atoms with Crippen LogP contribution in [0.2, 0.25) is 0 Å². The number of nitro benzene ring substituents is 1. The van der Waals surface area contributed by atoms with Gasteiger partial charge in [0.25, 0.3) is 5.69 Å². The van der Waals surface area contributed by atoms with Crippen molar-refractivity contribution in [3.63, 3.8) is 0 Å². The second-order valence-electron chi connectivity index (χ2n) is 6.50. The van der Waals surface area contributed by atoms with Gasteiger partial charge in [-0.05, 0) is 33.1 Å². The van der Waals surface area contributed by atoms with Crippen molar-refractivity contribution in [2.75, 3.05) is 26.2 Å². The summed E-state index contributed by atoms with van der Waals surface area (Å²) in [5.41, 5.74) is 3.50. The second kappa shape index (κ2) is 7.19. The standard InChI is InChI=1S/C19H19BrN4O2/c20-17-15-10-13(12-23-8-6-21-7-9-23)11-16(24(25)26)19(15)22-18(17)14-4-2-1-3-5-14/h1-5,10-11,21-22H,6-9,12H2. The molecule has 2 heterocycles. The number of non-ortho nitro benzene ring substituents is 1. The predicted octanol–water partition coefficient (Wildman–Crippen LogP) is 3.91. The van der Waals surface area contributed by atoms with E-state index in [9.17, 15) is 10.1 Å². The number of aromatic amines is 1. The molecule has 134 valence electrons. The molecule has 0 bridgehead atoms. The first-order valence-electron chi connectivity index (χ1n) is 8.60. The second-order valence-corrected chi connectivity index (χ2v) is 7.29. The number of hydrogen-bond acceptors (Lipinski definition) is 4. The Morgan fingerprint density at radius 3 is 2.58 bits per heavy atom. The van der Waals surface area contributed by atoms with E-state index in [1.165, 1.54) is 0 Å². The molecular formula is C19H19BrN4O2. The van der Waals surface area contributed by atoms with Crippen molar-refractivity contribution < 1.29 is 4.92 Å². The molecule has 0 saturated carbocycles. The molecular weight excluding hydrogens is 396 g/mol. The highest BCUT2D eigenvalue weighted by Crippen LogP contribution is 2.39. The fourth-order valence-electron chi connectivity index (χ4n) is 3.47. The minimum atomic E-state index is -0.304. The molecule has 2 aromatic carbocycles. The van der Waals surface area contributed by atoms with Crippen LogP contribution in [0, 0.1) is 10.1 Å². The zero-order valence-electron chi connectivity index (χ0n) is 14.2. The lowest BCUT2D eigenvalue weighted by Crippen LogP contribution is -2.42. The van der Waals surface area contributed by atoms with Crippen LogP contribution in [0.25, 0.3) is 22.2 Å². The normalized spacial score (nSPS) is 15.4. The summed E-state index contributed by atoms with van der Waals surface area (Å²) in [4.78, 5) is 16.9. The van der Waals surface area contributed by atoms with E-state index in [2.05, 4.69) is 37.2 Å². The number of fused-ring (bicyclic) bond motifs is 1. The fraction of sp³-hybridized carbons (Fsp3) is 0.263. The highest BCUT2D eigenvalue weighted by Gasteiger charge is 2.22. The van der Waals surface area contributed by atoms with Crippen molar-refractivity contribution in [1.82, 2.24) is 15.2 Å². The number of benzene rings is 2. The van der Waals surface area contributed by atoms with Gasteiger partial charge in [0.1, 0.15) is 5.52 Å². The van der Waals surface area contributed by atoms with Gasteiger partial charge in [-0.25, -0.2) is 0 Å². The smallest absolute Gasteiger partial charge is 0.293 e. The van der Waals surface area contributed by atoms with Crippen molar-refractivity contribution in [2.45, 2.75) is 6.54 Å². The molecule has 0 unspecified atom stereocenters. The van der Waals surface area contributed by atoms with Gasteiger partial charge in [0.2, 0.25) is 0 Å². The molecule has 2 N–H and O–H groups in total. The first-order valence-corrected chi connectivity index (χ1v) is 9.40. The number of piperazine rings is 1. The summed E-state index contributed by atoms with van der Waals surface area (Å²) in [6.07, 6.45) is 0. The van der Waals surface area contributed by atoms with E-state index in [1.54, 1.807) is 6.07 Å². The van der Waals surface area contributed by atoms with E-state index < -0.39 is 0 Å². The molecule has 1 fully saturated rings. The zero-order valence-corrected chi connectivity index (χ0v) is 15.8. The number of aromatic nitrogens is 1. The van der Waals surface area contributed by atoms with E-state index in [4.69, 9.17) is 0 Å². The van der Waals surface area contributed by atoms with Crippen molar-refractivity contribution in [2.24, 2.45) is 0 Å². The minimum Gasteiger partial charge on any atom is -0.348 e. The Labute approximate surface area is 159 Å². The van der Waals surface area contributed by atoms with Crippen molar-refractivity contribution in [3.8, 4) is 11.3 Å². The third kappa shape index (κ3) is 3.25. The lowest BCUT2D eigenvalue weighted by Gasteiger charge is -2.27. The molecule has 0 spiro atoms. The molecule has 3 aromatic rings. The van der Waals surface area contributed by atoms with Gasteiger partial charge in [0.15, 0.2) is 0 Å². The van der Waals surface area contributed by atoms with Gasteiger partial charge >= 0.3 is 0 Å². The third-order valence-electron chi connectivity index (χ3n) is 4.76. The van der Waals surface area contributed by atoms with Gasteiger partial charge in [-0.3, -0.25) is 15.0 Å². The molecule has 0 aliphatic carbocycles. The number of nitro groups is 1. The number of H-pyrrole nitrogens is 1. The summed E-state index contributed by atoms with van der Waals surface area (Å²) in [7, 11) is 0. The molecule has 1 aliphatic heterocycles. The van der Waals surface area contributed by atoms with Crippen LogP contribution < -0.4 is 5.32 Å². The maximum absolute atomic E-state index is 11.7. The van der Waals surface area contributed by atoms with E-state index in [1.807, 2.05) is 30.3 Å². The molecule has 26 heavy (non-hydrogen) atoms. The van der Waals surface area contributed by atoms with E-state index >= 15 is 0 Å². The summed E-state index contributed by atoms with van der Waals surface area (Å²) >= 11 is 3.65. The number of halogens is 1. The molecule has 1 aromatic heterocycles. The molecule has 4 rings (SSSR count). The van der Waals surface area contributed by atoms with Crippen molar-refractivity contribution in [1.29, 1.82) is 0 Å². The monoisotopic (exact) mass is 414 g/mol. The van der Waals surface area contributed by atoms with Gasteiger partial charge in [-0.2, -0.15) is 0 Å². The van der Waals surface area contributed by atoms with E-state index in [-0.39, 0.29) is 10.6 Å². The van der Waals surface area contributed by atoms with Gasteiger partial charge in [0.05, 0.1) is 15.1 Å². The van der Waals surface area contributed by atoms with Crippen molar-refractivity contribution in [3.05, 3.63) is 62.6 Å². The molecule has 6 nitrogen and oxygen atoms in total. The van der Waals surface area contributed by atoms with Crippen LogP contribution in [0.4, 0.5) is 5.69 Å². The Balaban J connectivity index is 1.81. The fourth-order valence-corrected chi connectivity index (χ4v) is 4.11. The molecule has 1 aliphatic rings. The first-order chi connectivity index (χ1) is 12.6. The van der Waals surface area contributed by atoms with Crippen molar-refractivity contribution >= 4 is 32.5 Å². The largest absolute Gasteiger partial charge is 0.348 e. The third-order valence-corrected chi connectivity index (χ3v) is 5.58. The van der Waals surface area contributed by atoms with Crippen LogP contribution in [0.1, 0.15) is 5.56 Å². The summed E-state index contributed by atoms with van der Waals surface area (Å²) in [5, 5.41) is 15.8.